The van der Waals surface area contributed by atoms with E-state index in [4.69, 9.17) is 0 Å². The average Bonchev–Trinajstić information content (AvgIpc) is 3.25. The van der Waals surface area contributed by atoms with Crippen LogP contribution in [0.4, 0.5) is 0 Å². The van der Waals surface area contributed by atoms with Gasteiger partial charge in [-0.25, -0.2) is 0 Å². The van der Waals surface area contributed by atoms with Crippen molar-refractivity contribution in [3.8, 4) is 0 Å². The van der Waals surface area contributed by atoms with Crippen molar-refractivity contribution < 1.29 is 4.48 Å². The Morgan fingerprint density at radius 2 is 1.13 bits per heavy atom. The molecule has 0 radical (unpaired) electrons. The van der Waals surface area contributed by atoms with Gasteiger partial charge >= 0.3 is 0 Å². The highest BCUT2D eigenvalue weighted by Gasteiger charge is 2.14. The Bertz CT molecular complexity index is 780. The monoisotopic (exact) mass is 423 g/mol. The van der Waals surface area contributed by atoms with E-state index in [1.807, 2.05) is 24.3 Å². The molecule has 4 nitrogen and oxygen atoms in total. The predicted octanol–water partition coefficient (Wildman–Crippen LogP) is 7.14. The van der Waals surface area contributed by atoms with E-state index in [1.165, 1.54) is 76.3 Å². The number of hydrogen-bond donors (Lipinski definition) is 1. The quantitative estimate of drug-likeness (QED) is 0.234. The number of benzene rings is 2. The molecule has 0 aliphatic carbocycles. The molecule has 0 aliphatic heterocycles. The van der Waals surface area contributed by atoms with Crippen LogP contribution in [0, 0.1) is 0 Å². The summed E-state index contributed by atoms with van der Waals surface area (Å²) in [6.45, 7) is 4.74. The first-order valence-electron chi connectivity index (χ1n) is 12.2. The molecule has 31 heavy (non-hydrogen) atoms. The summed E-state index contributed by atoms with van der Waals surface area (Å²) in [6.07, 6.45) is 14.2. The van der Waals surface area contributed by atoms with Gasteiger partial charge in [-0.3, -0.25) is 0 Å². The molecule has 3 aromatic rings. The molecule has 1 heterocycles. The summed E-state index contributed by atoms with van der Waals surface area (Å²) in [7, 11) is 4.72. The van der Waals surface area contributed by atoms with Crippen LogP contribution in [0.2, 0.25) is 0 Å². The first-order valence-corrected chi connectivity index (χ1v) is 12.2. The van der Waals surface area contributed by atoms with Crippen molar-refractivity contribution >= 4 is 11.0 Å². The highest BCUT2D eigenvalue weighted by atomic mass is 15.3. The van der Waals surface area contributed by atoms with E-state index in [1.54, 1.807) is 0 Å². The minimum absolute atomic E-state index is 0.914. The molecular weight excluding hydrogens is 380 g/mol. The maximum Gasteiger partial charge on any atom is 0.112 e. The van der Waals surface area contributed by atoms with Crippen molar-refractivity contribution in [3.05, 3.63) is 60.2 Å². The van der Waals surface area contributed by atoms with E-state index in [0.717, 1.165) is 22.1 Å². The third-order valence-corrected chi connectivity index (χ3v) is 5.79. The molecule has 0 spiro atoms. The summed E-state index contributed by atoms with van der Waals surface area (Å²) in [5, 5.41) is 10.3. The Labute approximate surface area is 189 Å². The van der Waals surface area contributed by atoms with E-state index in [-0.39, 0.29) is 0 Å². The second kappa shape index (κ2) is 14.7. The molecule has 2 aromatic carbocycles. The molecule has 0 unspecified atom stereocenters. The number of quaternary nitrogens is 1. The zero-order valence-corrected chi connectivity index (χ0v) is 20.0. The number of nitrogens with one attached hydrogen (secondary N) is 1. The second-order valence-electron chi connectivity index (χ2n) is 9.30. The van der Waals surface area contributed by atoms with Crippen molar-refractivity contribution in [1.29, 1.82) is 0 Å². The van der Waals surface area contributed by atoms with Crippen molar-refractivity contribution in [1.82, 2.24) is 15.4 Å². The lowest BCUT2D eigenvalue weighted by atomic mass is 10.1. The summed E-state index contributed by atoms with van der Waals surface area (Å²) in [5.41, 5.74) is 3.29. The number of aromatic nitrogens is 3. The maximum atomic E-state index is 3.88. The highest BCUT2D eigenvalue weighted by molar-refractivity contribution is 5.72. The summed E-state index contributed by atoms with van der Waals surface area (Å²) in [6, 6.07) is 18.6. The Morgan fingerprint density at radius 1 is 0.645 bits per heavy atom. The molecule has 3 rings (SSSR count). The SMILES string of the molecule is CCCCCCCCCCCC[N+](C)(C)Cc1ccccc1.c1ccc2n[nH]nc2c1. The Morgan fingerprint density at radius 3 is 1.68 bits per heavy atom. The van der Waals surface area contributed by atoms with E-state index in [9.17, 15) is 0 Å². The van der Waals surface area contributed by atoms with Crippen LogP contribution in [0.3, 0.4) is 0 Å². The van der Waals surface area contributed by atoms with Gasteiger partial charge in [0.05, 0.1) is 20.6 Å². The highest BCUT2D eigenvalue weighted by Crippen LogP contribution is 2.14. The summed E-state index contributed by atoms with van der Waals surface area (Å²) < 4.78 is 1.11. The van der Waals surface area contributed by atoms with Gasteiger partial charge in [0.15, 0.2) is 0 Å². The third kappa shape index (κ3) is 11.1. The number of aromatic amines is 1. The van der Waals surface area contributed by atoms with E-state index < -0.39 is 0 Å². The van der Waals surface area contributed by atoms with Crippen molar-refractivity contribution in [2.24, 2.45) is 0 Å². The summed E-state index contributed by atoms with van der Waals surface area (Å²) in [4.78, 5) is 0. The van der Waals surface area contributed by atoms with Crippen LogP contribution in [-0.2, 0) is 6.54 Å². The Hall–Kier alpha value is -2.20. The van der Waals surface area contributed by atoms with Crippen LogP contribution >= 0.6 is 0 Å². The minimum atomic E-state index is 0.914. The van der Waals surface area contributed by atoms with Crippen LogP contribution in [0.1, 0.15) is 76.7 Å². The predicted molar refractivity (Wildman–Crippen MR) is 133 cm³/mol. The molecule has 1 aromatic heterocycles. The number of para-hydroxylation sites is 2. The lowest BCUT2D eigenvalue weighted by molar-refractivity contribution is -0.903. The van der Waals surface area contributed by atoms with Gasteiger partial charge in [-0.1, -0.05) is 101 Å². The zero-order chi connectivity index (χ0) is 22.2. The lowest BCUT2D eigenvalue weighted by Crippen LogP contribution is -2.39. The van der Waals surface area contributed by atoms with Crippen molar-refractivity contribution in [3.63, 3.8) is 0 Å². The number of unbranched alkanes of at least 4 members (excludes halogenated alkanes) is 9. The summed E-state index contributed by atoms with van der Waals surface area (Å²) in [5.74, 6) is 0. The number of nitrogens with zero attached hydrogens (tertiary/aromatic N) is 3. The average molecular weight is 424 g/mol. The molecule has 170 valence electrons. The van der Waals surface area contributed by atoms with Gasteiger partial charge in [0.1, 0.15) is 17.6 Å². The molecular formula is C27H43N4+. The van der Waals surface area contributed by atoms with Crippen LogP contribution < -0.4 is 0 Å². The van der Waals surface area contributed by atoms with E-state index >= 15 is 0 Å². The second-order valence-corrected chi connectivity index (χ2v) is 9.30. The smallest absolute Gasteiger partial charge is 0.112 e. The van der Waals surface area contributed by atoms with Gasteiger partial charge in [-0.2, -0.15) is 15.4 Å². The summed E-state index contributed by atoms with van der Waals surface area (Å²) >= 11 is 0. The van der Waals surface area contributed by atoms with Gasteiger partial charge in [0, 0.05) is 5.56 Å². The normalized spacial score (nSPS) is 11.3. The van der Waals surface area contributed by atoms with Crippen LogP contribution in [0.15, 0.2) is 54.6 Å². The number of fused-ring (bicyclic) bond motifs is 1. The maximum absolute atomic E-state index is 3.88. The zero-order valence-electron chi connectivity index (χ0n) is 20.0. The molecule has 0 saturated carbocycles. The lowest BCUT2D eigenvalue weighted by Gasteiger charge is -2.30. The van der Waals surface area contributed by atoms with Crippen LogP contribution in [-0.4, -0.2) is 40.5 Å². The van der Waals surface area contributed by atoms with E-state index in [0.29, 0.717) is 0 Å². The largest absolute Gasteiger partial charge is 0.325 e. The van der Waals surface area contributed by atoms with Gasteiger partial charge < -0.3 is 4.48 Å². The topological polar surface area (TPSA) is 41.6 Å². The number of hydrogen-bond acceptors (Lipinski definition) is 2. The standard InChI is InChI=1S/C21H38N.C6H5N3/c1-4-5-6-7-8-9-10-11-12-16-19-22(2,3)20-21-17-14-13-15-18-21;1-2-4-6-5(3-1)7-9-8-6/h13-15,17-18H,4-12,16,19-20H2,1-3H3;1-4H,(H,7,8,9)/q+1;. The van der Waals surface area contributed by atoms with Crippen LogP contribution in [0.25, 0.3) is 11.0 Å². The number of H-pyrrole nitrogens is 1. The Kier molecular flexibility index (Phi) is 11.9. The van der Waals surface area contributed by atoms with Gasteiger partial charge in [-0.05, 0) is 25.0 Å². The number of rotatable bonds is 13. The molecule has 0 saturated heterocycles. The molecule has 0 atom stereocenters. The molecule has 4 heteroatoms. The molecule has 0 fully saturated rings. The molecule has 0 aliphatic rings. The fourth-order valence-electron chi connectivity index (χ4n) is 3.97. The van der Waals surface area contributed by atoms with Gasteiger partial charge in [0.25, 0.3) is 0 Å². The van der Waals surface area contributed by atoms with Crippen molar-refractivity contribution in [2.45, 2.75) is 77.7 Å². The minimum Gasteiger partial charge on any atom is -0.325 e. The first kappa shape index (κ1) is 25.1. The Balaban J connectivity index is 0.000000309. The molecule has 0 amide bonds. The first-order chi connectivity index (χ1) is 15.1. The fraction of sp³-hybridized carbons (Fsp3) is 0.556. The molecule has 0 bridgehead atoms. The fourth-order valence-corrected chi connectivity index (χ4v) is 3.97. The van der Waals surface area contributed by atoms with Gasteiger partial charge in [0.2, 0.25) is 0 Å². The van der Waals surface area contributed by atoms with Crippen molar-refractivity contribution in [2.75, 3.05) is 20.6 Å². The third-order valence-electron chi connectivity index (χ3n) is 5.79. The van der Waals surface area contributed by atoms with E-state index in [2.05, 4.69) is 66.8 Å². The van der Waals surface area contributed by atoms with Crippen LogP contribution in [0.5, 0.6) is 0 Å². The van der Waals surface area contributed by atoms with Gasteiger partial charge in [-0.15, -0.1) is 0 Å². The molecule has 1 N–H and O–H groups in total.